The first-order valence-electron chi connectivity index (χ1n) is 5.36. The largest absolute Gasteiger partial charge is 0.507 e. The summed E-state index contributed by atoms with van der Waals surface area (Å²) < 4.78 is 12.9. The van der Waals surface area contributed by atoms with Gasteiger partial charge in [0, 0.05) is 0 Å². The second-order valence-electron chi connectivity index (χ2n) is 3.86. The van der Waals surface area contributed by atoms with Crippen LogP contribution >= 0.6 is 0 Å². The maximum absolute atomic E-state index is 12.9. The van der Waals surface area contributed by atoms with Crippen molar-refractivity contribution in [2.45, 2.75) is 0 Å². The number of nitrogen functional groups attached to an aromatic ring is 1. The van der Waals surface area contributed by atoms with Crippen LogP contribution in [-0.4, -0.2) is 16.1 Å². The van der Waals surface area contributed by atoms with Gasteiger partial charge in [-0.15, -0.1) is 0 Å². The number of anilines is 2. The number of amides is 1. The number of carbonyl (C=O) groups is 1. The van der Waals surface area contributed by atoms with E-state index in [-0.39, 0.29) is 28.4 Å². The highest BCUT2D eigenvalue weighted by Crippen LogP contribution is 2.28. The van der Waals surface area contributed by atoms with Crippen molar-refractivity contribution in [3.8, 4) is 11.5 Å². The van der Waals surface area contributed by atoms with Crippen molar-refractivity contribution >= 4 is 17.3 Å². The maximum Gasteiger partial charge on any atom is 0.263 e. The molecule has 0 saturated carbocycles. The van der Waals surface area contributed by atoms with Crippen molar-refractivity contribution in [2.75, 3.05) is 11.1 Å². The Morgan fingerprint density at radius 3 is 2.37 bits per heavy atom. The first-order valence-corrected chi connectivity index (χ1v) is 5.36. The van der Waals surface area contributed by atoms with Crippen LogP contribution in [0.15, 0.2) is 36.4 Å². The van der Waals surface area contributed by atoms with E-state index in [2.05, 4.69) is 5.32 Å². The topological polar surface area (TPSA) is 95.6 Å². The SMILES string of the molecule is Nc1cc(F)ccc1NC(=O)c1c(O)cccc1O. The molecule has 0 saturated heterocycles. The molecule has 2 aromatic rings. The number of halogens is 1. The predicted octanol–water partition coefficient (Wildman–Crippen LogP) is 2.07. The molecule has 0 aliphatic rings. The van der Waals surface area contributed by atoms with Gasteiger partial charge >= 0.3 is 0 Å². The van der Waals surface area contributed by atoms with Gasteiger partial charge in [0.2, 0.25) is 0 Å². The number of benzene rings is 2. The zero-order valence-corrected chi connectivity index (χ0v) is 9.72. The molecule has 1 amide bonds. The molecule has 5 nitrogen and oxygen atoms in total. The lowest BCUT2D eigenvalue weighted by molar-refractivity contribution is 0.102. The van der Waals surface area contributed by atoms with Crippen LogP contribution in [0.2, 0.25) is 0 Å². The number of phenolic OH excluding ortho intramolecular Hbond substituents is 2. The van der Waals surface area contributed by atoms with Gasteiger partial charge in [0.05, 0.1) is 11.4 Å². The molecule has 0 heterocycles. The fourth-order valence-electron chi connectivity index (χ4n) is 1.59. The fraction of sp³-hybridized carbons (Fsp3) is 0. The van der Waals surface area contributed by atoms with E-state index >= 15 is 0 Å². The highest BCUT2D eigenvalue weighted by molar-refractivity contribution is 6.09. The van der Waals surface area contributed by atoms with Gasteiger partial charge in [-0.2, -0.15) is 0 Å². The molecule has 0 aromatic heterocycles. The number of rotatable bonds is 2. The summed E-state index contributed by atoms with van der Waals surface area (Å²) in [6, 6.07) is 7.41. The molecule has 0 spiro atoms. The van der Waals surface area contributed by atoms with Gasteiger partial charge < -0.3 is 21.3 Å². The van der Waals surface area contributed by atoms with Crippen molar-refractivity contribution in [3.05, 3.63) is 47.8 Å². The first kappa shape index (κ1) is 12.7. The van der Waals surface area contributed by atoms with Crippen LogP contribution in [-0.2, 0) is 0 Å². The lowest BCUT2D eigenvalue weighted by Crippen LogP contribution is -2.13. The van der Waals surface area contributed by atoms with Crippen molar-refractivity contribution in [2.24, 2.45) is 0 Å². The molecule has 2 rings (SSSR count). The van der Waals surface area contributed by atoms with Crippen molar-refractivity contribution in [1.82, 2.24) is 0 Å². The van der Waals surface area contributed by atoms with Crippen molar-refractivity contribution in [1.29, 1.82) is 0 Å². The summed E-state index contributed by atoms with van der Waals surface area (Å²) in [5.74, 6) is -1.99. The zero-order valence-electron chi connectivity index (χ0n) is 9.72. The van der Waals surface area contributed by atoms with E-state index in [9.17, 15) is 19.4 Å². The molecule has 98 valence electrons. The lowest BCUT2D eigenvalue weighted by atomic mass is 10.1. The second-order valence-corrected chi connectivity index (χ2v) is 3.86. The third kappa shape index (κ3) is 2.57. The smallest absolute Gasteiger partial charge is 0.263 e. The number of carbonyl (C=O) groups excluding carboxylic acids is 1. The van der Waals surface area contributed by atoms with Crippen LogP contribution in [0.1, 0.15) is 10.4 Å². The van der Waals surface area contributed by atoms with E-state index in [1.807, 2.05) is 0 Å². The number of nitrogens with one attached hydrogen (secondary N) is 1. The van der Waals surface area contributed by atoms with Crippen LogP contribution in [0, 0.1) is 5.82 Å². The molecular formula is C13H11FN2O3. The predicted molar refractivity (Wildman–Crippen MR) is 68.5 cm³/mol. The second kappa shape index (κ2) is 4.85. The Morgan fingerprint density at radius 2 is 1.79 bits per heavy atom. The monoisotopic (exact) mass is 262 g/mol. The van der Waals surface area contributed by atoms with Crippen LogP contribution in [0.25, 0.3) is 0 Å². The Morgan fingerprint density at radius 1 is 1.16 bits per heavy atom. The fourth-order valence-corrected chi connectivity index (χ4v) is 1.59. The number of hydrogen-bond acceptors (Lipinski definition) is 4. The van der Waals surface area contributed by atoms with E-state index in [1.54, 1.807) is 0 Å². The number of aromatic hydroxyl groups is 2. The molecule has 5 N–H and O–H groups in total. The highest BCUT2D eigenvalue weighted by Gasteiger charge is 2.16. The third-order valence-corrected chi connectivity index (χ3v) is 2.51. The molecule has 0 atom stereocenters. The molecule has 0 aliphatic heterocycles. The van der Waals surface area contributed by atoms with Crippen LogP contribution in [0.3, 0.4) is 0 Å². The molecular weight excluding hydrogens is 251 g/mol. The molecule has 0 bridgehead atoms. The summed E-state index contributed by atoms with van der Waals surface area (Å²) in [4.78, 5) is 11.9. The molecule has 6 heteroatoms. The number of nitrogens with two attached hydrogens (primary N) is 1. The van der Waals surface area contributed by atoms with E-state index in [0.717, 1.165) is 12.1 Å². The minimum absolute atomic E-state index is 0.0447. The van der Waals surface area contributed by atoms with E-state index < -0.39 is 11.7 Å². The molecule has 0 aliphatic carbocycles. The summed E-state index contributed by atoms with van der Waals surface area (Å²) in [6.07, 6.45) is 0. The Labute approximate surface area is 108 Å². The minimum atomic E-state index is -0.742. The normalized spacial score (nSPS) is 10.2. The average Bonchev–Trinajstić information content (AvgIpc) is 2.32. The Kier molecular flexibility index (Phi) is 3.24. The van der Waals surface area contributed by atoms with Gasteiger partial charge in [-0.05, 0) is 30.3 Å². The van der Waals surface area contributed by atoms with Gasteiger partial charge in [-0.25, -0.2) is 4.39 Å². The van der Waals surface area contributed by atoms with Crippen LogP contribution < -0.4 is 11.1 Å². The quantitative estimate of drug-likeness (QED) is 0.623. The molecule has 19 heavy (non-hydrogen) atoms. The first-order chi connectivity index (χ1) is 8.99. The lowest BCUT2D eigenvalue weighted by Gasteiger charge is -2.10. The summed E-state index contributed by atoms with van der Waals surface area (Å²) in [5, 5.41) is 21.5. The molecule has 0 fully saturated rings. The molecule has 2 aromatic carbocycles. The van der Waals surface area contributed by atoms with Gasteiger partial charge in [0.15, 0.2) is 0 Å². The zero-order chi connectivity index (χ0) is 14.0. The van der Waals surface area contributed by atoms with E-state index in [4.69, 9.17) is 5.73 Å². The van der Waals surface area contributed by atoms with E-state index in [0.29, 0.717) is 0 Å². The summed E-state index contributed by atoms with van der Waals surface area (Å²) >= 11 is 0. The summed E-state index contributed by atoms with van der Waals surface area (Å²) in [7, 11) is 0. The Balaban J connectivity index is 2.31. The van der Waals surface area contributed by atoms with E-state index in [1.165, 1.54) is 24.3 Å². The number of phenols is 2. The third-order valence-electron chi connectivity index (χ3n) is 2.51. The summed E-state index contributed by atoms with van der Waals surface area (Å²) in [5.41, 5.74) is 5.51. The Hall–Kier alpha value is -2.76. The average molecular weight is 262 g/mol. The van der Waals surface area contributed by atoms with Crippen molar-refractivity contribution < 1.29 is 19.4 Å². The van der Waals surface area contributed by atoms with Gasteiger partial charge in [-0.1, -0.05) is 6.07 Å². The molecule has 0 radical (unpaired) electrons. The molecule has 0 unspecified atom stereocenters. The van der Waals surface area contributed by atoms with Gasteiger partial charge in [0.25, 0.3) is 5.91 Å². The van der Waals surface area contributed by atoms with Crippen LogP contribution in [0.5, 0.6) is 11.5 Å². The van der Waals surface area contributed by atoms with Gasteiger partial charge in [0.1, 0.15) is 22.9 Å². The summed E-state index contributed by atoms with van der Waals surface area (Å²) in [6.45, 7) is 0. The number of hydrogen-bond donors (Lipinski definition) is 4. The minimum Gasteiger partial charge on any atom is -0.507 e. The van der Waals surface area contributed by atoms with Crippen LogP contribution in [0.4, 0.5) is 15.8 Å². The highest BCUT2D eigenvalue weighted by atomic mass is 19.1. The standard InChI is InChI=1S/C13H11FN2O3/c14-7-4-5-9(8(15)6-7)16-13(19)12-10(17)2-1-3-11(12)18/h1-6,17-18H,15H2,(H,16,19). The Bertz CT molecular complexity index is 624. The van der Waals surface area contributed by atoms with Gasteiger partial charge in [-0.3, -0.25) is 4.79 Å². The van der Waals surface area contributed by atoms with Crippen molar-refractivity contribution in [3.63, 3.8) is 0 Å². The maximum atomic E-state index is 12.9.